The molecule has 5 atom stereocenters. The number of aryl methyl sites for hydroxylation is 1. The number of carbonyl (C=O) groups excluding carboxylic acids is 4. The third kappa shape index (κ3) is 8.63. The Hall–Kier alpha value is -5.33. The maximum atomic E-state index is 14.7. The van der Waals surface area contributed by atoms with Gasteiger partial charge >= 0.3 is 6.55 Å². The first-order chi connectivity index (χ1) is 28.4. The fraction of sp³-hybridized carbons (Fsp3) is 0.561. The van der Waals surface area contributed by atoms with Crippen LogP contribution in [0.3, 0.4) is 0 Å². The predicted molar refractivity (Wildman–Crippen MR) is 214 cm³/mol. The molecule has 3 aromatic rings. The lowest BCUT2D eigenvalue weighted by Crippen LogP contribution is -2.58. The highest BCUT2D eigenvalue weighted by molar-refractivity contribution is 7.91. The summed E-state index contributed by atoms with van der Waals surface area (Å²) in [5, 5.41) is 9.80. The number of ether oxygens (including phenoxy) is 3. The molecule has 324 valence electrons. The summed E-state index contributed by atoms with van der Waals surface area (Å²) in [6.07, 6.45) is 7.15. The second-order valence-electron chi connectivity index (χ2n) is 16.6. The van der Waals surface area contributed by atoms with Gasteiger partial charge in [0, 0.05) is 35.6 Å². The van der Waals surface area contributed by atoms with Crippen LogP contribution in [-0.4, -0.2) is 99.9 Å². The summed E-state index contributed by atoms with van der Waals surface area (Å²) in [6, 6.07) is 3.89. The van der Waals surface area contributed by atoms with Crippen molar-refractivity contribution in [2.45, 2.75) is 127 Å². The Morgan fingerprint density at radius 2 is 1.85 bits per heavy atom. The minimum atomic E-state index is -4.05. The van der Waals surface area contributed by atoms with Gasteiger partial charge in [-0.15, -0.1) is 0 Å². The number of benzene rings is 1. The van der Waals surface area contributed by atoms with E-state index in [1.54, 1.807) is 32.2 Å². The van der Waals surface area contributed by atoms with Gasteiger partial charge in [0.15, 0.2) is 0 Å². The number of nitrogens with zero attached hydrogens (tertiary/aromatic N) is 4. The summed E-state index contributed by atoms with van der Waals surface area (Å²) < 4.78 is 72.7. The van der Waals surface area contributed by atoms with Gasteiger partial charge in [0.25, 0.3) is 11.8 Å². The Balaban J connectivity index is 1.23. The molecule has 1 saturated heterocycles. The van der Waals surface area contributed by atoms with Gasteiger partial charge in [-0.05, 0) is 84.4 Å². The molecule has 7 rings (SSSR count). The van der Waals surface area contributed by atoms with Crippen molar-refractivity contribution in [2.24, 2.45) is 5.92 Å². The number of halogens is 2. The number of rotatable bonds is 11. The number of fused-ring (bicyclic) bond motifs is 3. The average molecular weight is 856 g/mol. The number of nitrogens with one attached hydrogen (secondary N) is 3. The van der Waals surface area contributed by atoms with Crippen LogP contribution >= 0.6 is 0 Å². The number of hydrogen-bond acceptors (Lipinski definition) is 11. The number of alkyl halides is 2. The predicted octanol–water partition coefficient (Wildman–Crippen LogP) is 4.47. The maximum Gasteiger partial charge on any atom is 0.333 e. The first-order valence-electron chi connectivity index (χ1n) is 20.3. The molecule has 2 aliphatic heterocycles. The number of aromatic nitrogens is 3. The number of hydrogen-bond donors (Lipinski definition) is 3. The molecule has 1 aromatic carbocycles. The van der Waals surface area contributed by atoms with Crippen molar-refractivity contribution in [1.82, 2.24) is 35.0 Å². The molecule has 0 spiro atoms. The van der Waals surface area contributed by atoms with Crippen LogP contribution in [0.1, 0.15) is 101 Å². The Morgan fingerprint density at radius 1 is 1.08 bits per heavy atom. The van der Waals surface area contributed by atoms with Gasteiger partial charge in [-0.2, -0.15) is 13.9 Å². The molecule has 4 aliphatic rings. The first kappa shape index (κ1) is 42.8. The molecule has 0 bridgehead atoms. The molecule has 4 heterocycles. The van der Waals surface area contributed by atoms with Gasteiger partial charge < -0.3 is 29.7 Å². The van der Waals surface area contributed by atoms with Crippen LogP contribution in [-0.2, 0) is 24.4 Å². The zero-order valence-corrected chi connectivity index (χ0v) is 35.0. The van der Waals surface area contributed by atoms with Crippen molar-refractivity contribution >= 4 is 44.6 Å². The van der Waals surface area contributed by atoms with E-state index in [9.17, 15) is 36.4 Å². The quantitative estimate of drug-likeness (QED) is 0.230. The smallest absolute Gasteiger partial charge is 0.333 e. The first-order valence-corrected chi connectivity index (χ1v) is 21.8. The molecule has 0 unspecified atom stereocenters. The average Bonchev–Trinajstić information content (AvgIpc) is 3.96. The monoisotopic (exact) mass is 855 g/mol. The lowest BCUT2D eigenvalue weighted by Gasteiger charge is -2.30. The summed E-state index contributed by atoms with van der Waals surface area (Å²) in [7, 11) is -2.50. The molecule has 19 heteroatoms. The fourth-order valence-electron chi connectivity index (χ4n) is 7.90. The summed E-state index contributed by atoms with van der Waals surface area (Å²) in [6.45, 7) is 4.01. The molecule has 16 nitrogen and oxygen atoms in total. The van der Waals surface area contributed by atoms with Crippen LogP contribution in [0.2, 0.25) is 0 Å². The molecule has 2 saturated carbocycles. The molecular weight excluding hydrogens is 805 g/mol. The number of allylic oxidation sites excluding steroid dienone is 1. The number of pyridine rings is 1. The lowest BCUT2D eigenvalue weighted by atomic mass is 10.0. The number of methoxy groups -OCH3 is 1. The standard InChI is InChI=1S/C41H51F2N7O9S/c1-23(2)58-33-20-32(27-13-14-31(57-5)24(3)34(27)45-33)59-26-19-30-36(52)46-41(38(54)48-60(55,56)40(4)16-17-40)21-25(41)11-9-7-6-8-10-12-29(37(53)49(30)22-26)44-35(51)28-15-18-50(47-28)39(42)43/h9,11,13-15,18,20,23,25-26,29-30,39H,6-8,10,12,16-17,19,21-22H2,1-5H3,(H,44,51)(H,46,52)(H,48,54)/t25-,26-,29+,30+,41-/m1/s1. The van der Waals surface area contributed by atoms with Crippen LogP contribution in [0.25, 0.3) is 10.9 Å². The van der Waals surface area contributed by atoms with Crippen molar-refractivity contribution < 1.29 is 50.6 Å². The zero-order valence-electron chi connectivity index (χ0n) is 34.2. The molecule has 0 radical (unpaired) electrons. The largest absolute Gasteiger partial charge is 0.496 e. The fourth-order valence-corrected chi connectivity index (χ4v) is 9.22. The topological polar surface area (TPSA) is 200 Å². The van der Waals surface area contributed by atoms with Crippen molar-refractivity contribution in [3.8, 4) is 17.4 Å². The van der Waals surface area contributed by atoms with Gasteiger partial charge in [0.1, 0.15) is 40.9 Å². The maximum absolute atomic E-state index is 14.7. The highest BCUT2D eigenvalue weighted by Crippen LogP contribution is 2.47. The van der Waals surface area contributed by atoms with Gasteiger partial charge in [-0.25, -0.2) is 18.1 Å². The summed E-state index contributed by atoms with van der Waals surface area (Å²) >= 11 is 0. The van der Waals surface area contributed by atoms with E-state index < -0.39 is 74.6 Å². The molecule has 4 amide bonds. The molecule has 3 fully saturated rings. The minimum absolute atomic E-state index is 0.0507. The van der Waals surface area contributed by atoms with Crippen molar-refractivity contribution in [3.05, 3.63) is 53.9 Å². The molecule has 2 aliphatic carbocycles. The van der Waals surface area contributed by atoms with E-state index in [1.165, 1.54) is 4.90 Å². The van der Waals surface area contributed by atoms with Crippen LogP contribution in [0.5, 0.6) is 17.4 Å². The van der Waals surface area contributed by atoms with Crippen LogP contribution in [0.15, 0.2) is 42.6 Å². The highest BCUT2D eigenvalue weighted by Gasteiger charge is 2.63. The van der Waals surface area contributed by atoms with E-state index in [4.69, 9.17) is 19.2 Å². The second-order valence-corrected chi connectivity index (χ2v) is 18.8. The van der Waals surface area contributed by atoms with Gasteiger partial charge in [0.2, 0.25) is 27.7 Å². The van der Waals surface area contributed by atoms with Gasteiger partial charge in [-0.3, -0.25) is 23.9 Å². The van der Waals surface area contributed by atoms with Gasteiger partial charge in [-0.1, -0.05) is 25.0 Å². The molecule has 60 heavy (non-hydrogen) atoms. The van der Waals surface area contributed by atoms with Crippen LogP contribution in [0, 0.1) is 12.8 Å². The summed E-state index contributed by atoms with van der Waals surface area (Å²) in [5.74, 6) is -2.32. The zero-order chi connectivity index (χ0) is 43.1. The van der Waals surface area contributed by atoms with E-state index >= 15 is 0 Å². The molecular formula is C41H51F2N7O9S. The normalized spacial score (nSPS) is 25.4. The van der Waals surface area contributed by atoms with E-state index in [0.29, 0.717) is 65.6 Å². The third-order valence-electron chi connectivity index (χ3n) is 11.8. The third-order valence-corrected chi connectivity index (χ3v) is 14.0. The number of amides is 4. The highest BCUT2D eigenvalue weighted by atomic mass is 32.2. The molecule has 3 N–H and O–H groups in total. The van der Waals surface area contributed by atoms with Crippen molar-refractivity contribution in [2.75, 3.05) is 13.7 Å². The van der Waals surface area contributed by atoms with E-state index in [-0.39, 0.29) is 43.5 Å². The lowest BCUT2D eigenvalue weighted by molar-refractivity contribution is -0.141. The minimum Gasteiger partial charge on any atom is -0.496 e. The second kappa shape index (κ2) is 16.6. The molecule has 2 aromatic heterocycles. The van der Waals surface area contributed by atoms with Crippen LogP contribution < -0.4 is 29.6 Å². The SMILES string of the molecule is COc1ccc2c(O[C@@H]3C[C@H]4C(=O)N[C@]5(C(=O)NS(=O)(=O)C6(C)CC6)C[C@H]5C=CCCCCC[C@H](NC(=O)c5ccn(C(F)F)n5)C(=O)N4C3)cc(OC(C)C)nc2c1C. The number of carbonyl (C=O) groups is 4. The summed E-state index contributed by atoms with van der Waals surface area (Å²) in [4.78, 5) is 62.7. The summed E-state index contributed by atoms with van der Waals surface area (Å²) in [5.41, 5.74) is -0.636. The van der Waals surface area contributed by atoms with Gasteiger partial charge in [0.05, 0.1) is 30.0 Å². The Labute approximate surface area is 346 Å². The Morgan fingerprint density at radius 3 is 2.53 bits per heavy atom. The van der Waals surface area contributed by atoms with Crippen molar-refractivity contribution in [3.63, 3.8) is 0 Å². The Kier molecular flexibility index (Phi) is 11.8. The number of sulfonamides is 1. The van der Waals surface area contributed by atoms with E-state index in [1.807, 2.05) is 32.9 Å². The Bertz CT molecular complexity index is 2320. The van der Waals surface area contributed by atoms with E-state index in [2.05, 4.69) is 20.5 Å². The van der Waals surface area contributed by atoms with Crippen molar-refractivity contribution in [1.29, 1.82) is 0 Å². The van der Waals surface area contributed by atoms with Crippen LogP contribution in [0.4, 0.5) is 8.78 Å². The van der Waals surface area contributed by atoms with E-state index in [0.717, 1.165) is 17.8 Å².